The highest BCUT2D eigenvalue weighted by molar-refractivity contribution is 5.91. The predicted molar refractivity (Wildman–Crippen MR) is 91.4 cm³/mol. The van der Waals surface area contributed by atoms with Crippen molar-refractivity contribution in [1.29, 1.82) is 0 Å². The molecule has 2 unspecified atom stereocenters. The molecule has 0 aromatic heterocycles. The second-order valence-corrected chi connectivity index (χ2v) is 8.16. The number of amides is 1. The van der Waals surface area contributed by atoms with Crippen LogP contribution in [0.1, 0.15) is 46.6 Å². The summed E-state index contributed by atoms with van der Waals surface area (Å²) in [4.78, 5) is 28.8. The normalized spacial score (nSPS) is 24.5. The zero-order valence-corrected chi connectivity index (χ0v) is 15.1. The summed E-state index contributed by atoms with van der Waals surface area (Å²) in [7, 11) is 0. The lowest BCUT2D eigenvalue weighted by atomic mass is 9.91. The van der Waals surface area contributed by atoms with Gasteiger partial charge in [0.2, 0.25) is 0 Å². The van der Waals surface area contributed by atoms with Gasteiger partial charge in [0.1, 0.15) is 11.8 Å². The monoisotopic (exact) mass is 330 g/mol. The Bertz CT molecular complexity index is 648. The molecule has 2 atom stereocenters. The molecule has 2 fully saturated rings. The molecule has 2 saturated heterocycles. The highest BCUT2D eigenvalue weighted by Gasteiger charge is 2.57. The largest absolute Gasteiger partial charge is 0.444 e. The molecule has 0 N–H and O–H groups in total. The van der Waals surface area contributed by atoms with Crippen molar-refractivity contribution in [2.75, 3.05) is 6.54 Å². The molecule has 1 amide bonds. The fraction of sp³-hybridized carbons (Fsp3) is 0.579. The van der Waals surface area contributed by atoms with E-state index in [-0.39, 0.29) is 17.4 Å². The number of piperidine rings is 1. The van der Waals surface area contributed by atoms with Crippen LogP contribution in [-0.2, 0) is 15.1 Å². The average Bonchev–Trinajstić information content (AvgIpc) is 3.01. The maximum atomic E-state index is 12.5. The third kappa shape index (κ3) is 2.81. The molecule has 5 heteroatoms. The first-order valence-electron chi connectivity index (χ1n) is 8.47. The second-order valence-electron chi connectivity index (χ2n) is 8.16. The molecule has 5 nitrogen and oxygen atoms in total. The molecule has 2 aliphatic heterocycles. The first kappa shape index (κ1) is 17.0. The zero-order chi connectivity index (χ0) is 17.7. The Kier molecular flexibility index (Phi) is 3.95. The van der Waals surface area contributed by atoms with Gasteiger partial charge in [-0.05, 0) is 40.2 Å². The van der Waals surface area contributed by atoms with Crippen molar-refractivity contribution in [3.63, 3.8) is 0 Å². The number of nitrogens with zero attached hydrogens (tertiary/aromatic N) is 2. The zero-order valence-electron chi connectivity index (χ0n) is 15.1. The number of likely N-dealkylation sites (tertiary alicyclic amines) is 1. The van der Waals surface area contributed by atoms with Crippen LogP contribution in [0.2, 0.25) is 0 Å². The van der Waals surface area contributed by atoms with Gasteiger partial charge in [0, 0.05) is 24.5 Å². The van der Waals surface area contributed by atoms with Crippen LogP contribution in [0.15, 0.2) is 30.3 Å². The van der Waals surface area contributed by atoms with Gasteiger partial charge < -0.3 is 4.74 Å². The van der Waals surface area contributed by atoms with Crippen molar-refractivity contribution in [3.8, 4) is 0 Å². The smallest absolute Gasteiger partial charge is 0.411 e. The summed E-state index contributed by atoms with van der Waals surface area (Å²) in [5, 5.41) is 0. The van der Waals surface area contributed by atoms with Crippen molar-refractivity contribution in [2.45, 2.75) is 64.4 Å². The highest BCUT2D eigenvalue weighted by atomic mass is 16.6. The Morgan fingerprint density at radius 1 is 1.12 bits per heavy atom. The molecule has 0 spiro atoms. The summed E-state index contributed by atoms with van der Waals surface area (Å²) in [5.41, 5.74) is 0.238. The van der Waals surface area contributed by atoms with Gasteiger partial charge in [-0.2, -0.15) is 0 Å². The molecule has 0 saturated carbocycles. The number of Topliss-reactive ketones (excluding diaryl/α,β-unsaturated/α-hetero) is 1. The Balaban J connectivity index is 1.89. The standard InChI is InChI=1S/C19H26N2O3/c1-18(2,3)24-17(23)20-12-14-11-15(22)16(20)21(14)19(4,5)13-9-7-6-8-10-13/h6-10,14,16H,11-12H2,1-5H3. The van der Waals surface area contributed by atoms with Gasteiger partial charge in [0.15, 0.2) is 5.78 Å². The quantitative estimate of drug-likeness (QED) is 0.836. The number of benzene rings is 1. The van der Waals surface area contributed by atoms with Crippen LogP contribution in [0.25, 0.3) is 0 Å². The fourth-order valence-corrected chi connectivity index (χ4v) is 3.85. The lowest BCUT2D eigenvalue weighted by molar-refractivity contribution is -0.126. The Morgan fingerprint density at radius 2 is 1.75 bits per heavy atom. The Hall–Kier alpha value is -1.88. The van der Waals surface area contributed by atoms with Gasteiger partial charge >= 0.3 is 6.09 Å². The third-order valence-corrected chi connectivity index (χ3v) is 4.84. The minimum Gasteiger partial charge on any atom is -0.444 e. The van der Waals surface area contributed by atoms with Crippen LogP contribution in [0.3, 0.4) is 0 Å². The van der Waals surface area contributed by atoms with Gasteiger partial charge in [0.05, 0.1) is 0 Å². The molecule has 0 aliphatic carbocycles. The van der Waals surface area contributed by atoms with E-state index in [9.17, 15) is 9.59 Å². The molecule has 2 bridgehead atoms. The summed E-state index contributed by atoms with van der Waals surface area (Å²) in [6.07, 6.45) is -0.433. The predicted octanol–water partition coefficient (Wildman–Crippen LogP) is 3.14. The molecule has 130 valence electrons. The maximum Gasteiger partial charge on any atom is 0.411 e. The van der Waals surface area contributed by atoms with Gasteiger partial charge in [-0.15, -0.1) is 0 Å². The van der Waals surface area contributed by atoms with E-state index in [0.29, 0.717) is 13.0 Å². The Labute approximate surface area is 143 Å². The minimum atomic E-state index is -0.568. The fourth-order valence-electron chi connectivity index (χ4n) is 3.85. The van der Waals surface area contributed by atoms with Crippen molar-refractivity contribution < 1.29 is 14.3 Å². The molecule has 0 radical (unpaired) electrons. The lowest BCUT2D eigenvalue weighted by Gasteiger charge is -2.39. The summed E-state index contributed by atoms with van der Waals surface area (Å²) in [6, 6.07) is 10.2. The summed E-state index contributed by atoms with van der Waals surface area (Å²) in [5.74, 6) is 0.0983. The van der Waals surface area contributed by atoms with Crippen molar-refractivity contribution in [2.24, 2.45) is 0 Å². The van der Waals surface area contributed by atoms with E-state index in [1.54, 1.807) is 4.90 Å². The first-order chi connectivity index (χ1) is 11.1. The topological polar surface area (TPSA) is 49.9 Å². The van der Waals surface area contributed by atoms with E-state index in [1.807, 2.05) is 39.0 Å². The van der Waals surface area contributed by atoms with Crippen LogP contribution in [0.5, 0.6) is 0 Å². The van der Waals surface area contributed by atoms with Gasteiger partial charge in [0.25, 0.3) is 0 Å². The van der Waals surface area contributed by atoms with E-state index in [1.165, 1.54) is 0 Å². The lowest BCUT2D eigenvalue weighted by Crippen LogP contribution is -2.51. The summed E-state index contributed by atoms with van der Waals surface area (Å²) < 4.78 is 5.50. The van der Waals surface area contributed by atoms with Gasteiger partial charge in [-0.3, -0.25) is 14.6 Å². The van der Waals surface area contributed by atoms with Gasteiger partial charge in [-0.1, -0.05) is 30.3 Å². The Morgan fingerprint density at radius 3 is 2.33 bits per heavy atom. The number of rotatable bonds is 2. The molecule has 1 aromatic carbocycles. The third-order valence-electron chi connectivity index (χ3n) is 4.84. The summed E-state index contributed by atoms with van der Waals surface area (Å²) >= 11 is 0. The summed E-state index contributed by atoms with van der Waals surface area (Å²) in [6.45, 7) is 10.3. The number of ether oxygens (including phenoxy) is 1. The van der Waals surface area contributed by atoms with E-state index in [2.05, 4.69) is 30.9 Å². The number of hydrogen-bond donors (Lipinski definition) is 0. The number of carbonyl (C=O) groups is 2. The van der Waals surface area contributed by atoms with Crippen LogP contribution >= 0.6 is 0 Å². The average molecular weight is 330 g/mol. The van der Waals surface area contributed by atoms with Crippen LogP contribution in [-0.4, -0.2) is 46.0 Å². The molecule has 24 heavy (non-hydrogen) atoms. The molecule has 1 aromatic rings. The van der Waals surface area contributed by atoms with E-state index >= 15 is 0 Å². The molecule has 3 rings (SSSR count). The van der Waals surface area contributed by atoms with Crippen LogP contribution in [0, 0.1) is 0 Å². The SMILES string of the molecule is CC(C)(C)OC(=O)N1CC2CC(=O)C1N2C(C)(C)c1ccccc1. The van der Waals surface area contributed by atoms with E-state index in [4.69, 9.17) is 4.74 Å². The second kappa shape index (κ2) is 5.59. The maximum absolute atomic E-state index is 12.5. The van der Waals surface area contributed by atoms with Crippen molar-refractivity contribution in [1.82, 2.24) is 9.80 Å². The van der Waals surface area contributed by atoms with E-state index < -0.39 is 17.9 Å². The first-order valence-corrected chi connectivity index (χ1v) is 8.47. The van der Waals surface area contributed by atoms with Crippen LogP contribution < -0.4 is 0 Å². The van der Waals surface area contributed by atoms with Crippen molar-refractivity contribution in [3.05, 3.63) is 35.9 Å². The van der Waals surface area contributed by atoms with Gasteiger partial charge in [-0.25, -0.2) is 4.79 Å². The molecular weight excluding hydrogens is 304 g/mol. The number of fused-ring (bicyclic) bond motifs is 2. The molecule has 2 heterocycles. The van der Waals surface area contributed by atoms with E-state index in [0.717, 1.165) is 5.56 Å². The van der Waals surface area contributed by atoms with Crippen molar-refractivity contribution >= 4 is 11.9 Å². The number of carbonyl (C=O) groups excluding carboxylic acids is 2. The molecule has 2 aliphatic rings. The van der Waals surface area contributed by atoms with Crippen LogP contribution in [0.4, 0.5) is 4.79 Å². The number of ketones is 1. The number of hydrogen-bond acceptors (Lipinski definition) is 4. The molecular formula is C19H26N2O3. The highest BCUT2D eigenvalue weighted by Crippen LogP contribution is 2.42. The minimum absolute atomic E-state index is 0.0465.